The van der Waals surface area contributed by atoms with E-state index in [0.29, 0.717) is 56.8 Å². The normalized spacial score (nSPS) is 16.8. The van der Waals surface area contributed by atoms with E-state index >= 15 is 0 Å². The van der Waals surface area contributed by atoms with Gasteiger partial charge in [0.2, 0.25) is 20.7 Å². The summed E-state index contributed by atoms with van der Waals surface area (Å²) in [6.45, 7) is 2.73. The van der Waals surface area contributed by atoms with Crippen molar-refractivity contribution in [1.29, 1.82) is 0 Å². The zero-order valence-electron chi connectivity index (χ0n) is 15.4. The van der Waals surface area contributed by atoms with Crippen molar-refractivity contribution in [1.82, 2.24) is 4.98 Å². The Hall–Kier alpha value is -2.98. The molecule has 0 spiro atoms. The highest BCUT2D eigenvalue weighted by molar-refractivity contribution is 7.91. The molecular formula is C19H18N2O7S. The van der Waals surface area contributed by atoms with Crippen LogP contribution in [0.5, 0.6) is 11.5 Å². The van der Waals surface area contributed by atoms with Crippen LogP contribution in [0.2, 0.25) is 0 Å². The number of morpholine rings is 1. The molecule has 3 aromatic rings. The van der Waals surface area contributed by atoms with Crippen molar-refractivity contribution in [2.75, 3.05) is 44.4 Å². The first-order chi connectivity index (χ1) is 14.1. The molecule has 2 aromatic heterocycles. The van der Waals surface area contributed by atoms with Crippen molar-refractivity contribution >= 4 is 15.7 Å². The molecule has 152 valence electrons. The Labute approximate surface area is 166 Å². The Morgan fingerprint density at radius 1 is 0.966 bits per heavy atom. The van der Waals surface area contributed by atoms with E-state index in [1.165, 1.54) is 18.4 Å². The summed E-state index contributed by atoms with van der Waals surface area (Å²) in [6, 6.07) is 7.86. The monoisotopic (exact) mass is 418 g/mol. The van der Waals surface area contributed by atoms with Crippen molar-refractivity contribution in [3.63, 3.8) is 0 Å². The van der Waals surface area contributed by atoms with Crippen LogP contribution < -0.4 is 14.4 Å². The smallest absolute Gasteiger partial charge is 0.266 e. The maximum Gasteiger partial charge on any atom is 0.266 e. The summed E-state index contributed by atoms with van der Waals surface area (Å²) in [5.74, 6) is 1.53. The average molecular weight is 418 g/mol. The van der Waals surface area contributed by atoms with Gasteiger partial charge in [-0.1, -0.05) is 0 Å². The van der Waals surface area contributed by atoms with E-state index in [4.69, 9.17) is 23.0 Å². The van der Waals surface area contributed by atoms with Gasteiger partial charge in [0.1, 0.15) is 13.2 Å². The number of hydrogen-bond donors (Lipinski definition) is 0. The molecule has 0 aliphatic carbocycles. The van der Waals surface area contributed by atoms with Crippen LogP contribution in [0.1, 0.15) is 0 Å². The highest BCUT2D eigenvalue weighted by atomic mass is 32.2. The van der Waals surface area contributed by atoms with Gasteiger partial charge in [0.25, 0.3) is 5.89 Å². The van der Waals surface area contributed by atoms with Crippen molar-refractivity contribution < 1.29 is 31.5 Å². The molecule has 0 unspecified atom stereocenters. The molecular weight excluding hydrogens is 400 g/mol. The lowest BCUT2D eigenvalue weighted by molar-refractivity contribution is 0.120. The summed E-state index contributed by atoms with van der Waals surface area (Å²) in [7, 11) is -3.99. The van der Waals surface area contributed by atoms with Crippen molar-refractivity contribution in [2.24, 2.45) is 0 Å². The SMILES string of the molecule is O=S(=O)(c1ccc2c(c1)OCCO2)c1nc(-c2ccco2)oc1N1CCOCC1. The minimum atomic E-state index is -3.99. The van der Waals surface area contributed by atoms with E-state index in [0.717, 1.165) is 0 Å². The summed E-state index contributed by atoms with van der Waals surface area (Å²) in [4.78, 5) is 6.15. The molecule has 0 atom stereocenters. The van der Waals surface area contributed by atoms with Crippen LogP contribution in [0.25, 0.3) is 11.7 Å². The number of oxazole rings is 1. The molecule has 0 N–H and O–H groups in total. The molecule has 1 aromatic carbocycles. The number of anilines is 1. The van der Waals surface area contributed by atoms with E-state index in [9.17, 15) is 8.42 Å². The van der Waals surface area contributed by atoms with E-state index < -0.39 is 9.84 Å². The number of hydrogen-bond acceptors (Lipinski definition) is 9. The molecule has 0 saturated carbocycles. The summed E-state index contributed by atoms with van der Waals surface area (Å²) >= 11 is 0. The molecule has 9 nitrogen and oxygen atoms in total. The van der Waals surface area contributed by atoms with Gasteiger partial charge in [-0.2, -0.15) is 4.98 Å². The van der Waals surface area contributed by atoms with Crippen LogP contribution in [0, 0.1) is 0 Å². The number of ether oxygens (including phenoxy) is 3. The third-order valence-corrected chi connectivity index (χ3v) is 6.34. The maximum atomic E-state index is 13.5. The predicted molar refractivity (Wildman–Crippen MR) is 100 cm³/mol. The highest BCUT2D eigenvalue weighted by Gasteiger charge is 2.33. The van der Waals surface area contributed by atoms with Gasteiger partial charge in [-0.05, 0) is 24.3 Å². The lowest BCUT2D eigenvalue weighted by Gasteiger charge is -2.26. The van der Waals surface area contributed by atoms with Crippen LogP contribution >= 0.6 is 0 Å². The third-order valence-electron chi connectivity index (χ3n) is 4.69. The molecule has 10 heteroatoms. The van der Waals surface area contributed by atoms with Gasteiger partial charge >= 0.3 is 0 Å². The molecule has 4 heterocycles. The Morgan fingerprint density at radius 2 is 1.76 bits per heavy atom. The molecule has 2 aliphatic heterocycles. The van der Waals surface area contributed by atoms with Gasteiger partial charge in [-0.15, -0.1) is 0 Å². The fourth-order valence-corrected chi connectivity index (χ4v) is 4.58. The number of aromatic nitrogens is 1. The van der Waals surface area contributed by atoms with Gasteiger partial charge in [0.15, 0.2) is 17.3 Å². The minimum Gasteiger partial charge on any atom is -0.486 e. The predicted octanol–water partition coefficient (Wildman–Crippen LogP) is 2.38. The minimum absolute atomic E-state index is 0.0514. The van der Waals surface area contributed by atoms with E-state index in [2.05, 4.69) is 4.98 Å². The van der Waals surface area contributed by atoms with Gasteiger partial charge in [-0.3, -0.25) is 0 Å². The van der Waals surface area contributed by atoms with E-state index in [1.54, 1.807) is 18.2 Å². The molecule has 0 radical (unpaired) electrons. The fourth-order valence-electron chi connectivity index (χ4n) is 3.25. The van der Waals surface area contributed by atoms with Crippen molar-refractivity contribution in [2.45, 2.75) is 9.92 Å². The van der Waals surface area contributed by atoms with Crippen LogP contribution in [-0.4, -0.2) is 52.9 Å². The molecule has 1 saturated heterocycles. The maximum absolute atomic E-state index is 13.5. The molecule has 0 bridgehead atoms. The van der Waals surface area contributed by atoms with Crippen LogP contribution in [0.15, 0.2) is 55.4 Å². The molecule has 0 amide bonds. The quantitative estimate of drug-likeness (QED) is 0.631. The largest absolute Gasteiger partial charge is 0.486 e. The Balaban J connectivity index is 1.61. The number of rotatable bonds is 4. The number of nitrogens with zero attached hydrogens (tertiary/aromatic N) is 2. The summed E-state index contributed by atoms with van der Waals surface area (Å²) in [6.07, 6.45) is 1.48. The van der Waals surface area contributed by atoms with Gasteiger partial charge < -0.3 is 27.9 Å². The standard InChI is InChI=1S/C19H18N2O7S/c22-29(23,13-3-4-14-16(12-13)27-11-10-26-14)18-19(21-5-8-24-9-6-21)28-17(20-18)15-2-1-7-25-15/h1-4,7,12H,5-6,8-11H2. The van der Waals surface area contributed by atoms with Gasteiger partial charge in [0, 0.05) is 19.2 Å². The van der Waals surface area contributed by atoms with Crippen LogP contribution in [0.4, 0.5) is 5.88 Å². The molecule has 2 aliphatic rings. The Bertz CT molecular complexity index is 1120. The second-order valence-corrected chi connectivity index (χ2v) is 8.38. The highest BCUT2D eigenvalue weighted by Crippen LogP contribution is 2.38. The zero-order valence-corrected chi connectivity index (χ0v) is 16.2. The lowest BCUT2D eigenvalue weighted by Crippen LogP contribution is -2.36. The number of fused-ring (bicyclic) bond motifs is 1. The molecule has 1 fully saturated rings. The number of benzene rings is 1. The summed E-state index contributed by atoms with van der Waals surface area (Å²) < 4.78 is 54.5. The molecule has 29 heavy (non-hydrogen) atoms. The first-order valence-electron chi connectivity index (χ1n) is 9.15. The first-order valence-corrected chi connectivity index (χ1v) is 10.6. The lowest BCUT2D eigenvalue weighted by atomic mass is 10.3. The zero-order chi connectivity index (χ0) is 19.8. The van der Waals surface area contributed by atoms with Gasteiger partial charge in [-0.25, -0.2) is 8.42 Å². The summed E-state index contributed by atoms with van der Waals surface area (Å²) in [5, 5.41) is -0.164. The number of sulfone groups is 1. The third kappa shape index (κ3) is 3.23. The Morgan fingerprint density at radius 3 is 2.52 bits per heavy atom. The Kier molecular flexibility index (Phi) is 4.44. The first kappa shape index (κ1) is 18.1. The van der Waals surface area contributed by atoms with Crippen molar-refractivity contribution in [3.8, 4) is 23.1 Å². The van der Waals surface area contributed by atoms with E-state index in [-0.39, 0.29) is 21.7 Å². The summed E-state index contributed by atoms with van der Waals surface area (Å²) in [5.41, 5.74) is 0. The van der Waals surface area contributed by atoms with Gasteiger partial charge in [0.05, 0.1) is 24.4 Å². The second-order valence-electron chi connectivity index (χ2n) is 6.51. The van der Waals surface area contributed by atoms with Crippen molar-refractivity contribution in [3.05, 3.63) is 36.6 Å². The molecule has 5 rings (SSSR count). The second kappa shape index (κ2) is 7.12. The van der Waals surface area contributed by atoms with Crippen LogP contribution in [0.3, 0.4) is 0 Å². The average Bonchev–Trinajstić information content (AvgIpc) is 3.44. The fraction of sp³-hybridized carbons (Fsp3) is 0.316. The van der Waals surface area contributed by atoms with Crippen LogP contribution in [-0.2, 0) is 14.6 Å². The topological polar surface area (TPSA) is 104 Å². The van der Waals surface area contributed by atoms with E-state index in [1.807, 2.05) is 4.90 Å². The number of furan rings is 1.